The summed E-state index contributed by atoms with van der Waals surface area (Å²) in [5.41, 5.74) is 7.64. The summed E-state index contributed by atoms with van der Waals surface area (Å²) in [4.78, 5) is 8.16. The van der Waals surface area contributed by atoms with Crippen molar-refractivity contribution in [3.63, 3.8) is 0 Å². The first-order valence-electron chi connectivity index (χ1n) is 6.03. The van der Waals surface area contributed by atoms with E-state index in [0.29, 0.717) is 22.5 Å². The van der Waals surface area contributed by atoms with Gasteiger partial charge >= 0.3 is 0 Å². The Bertz CT molecular complexity index is 599. The molecule has 2 rings (SSSR count). The van der Waals surface area contributed by atoms with Crippen LogP contribution < -0.4 is 10.5 Å². The van der Waals surface area contributed by atoms with E-state index >= 15 is 0 Å². The normalized spacial score (nSPS) is 10.8. The van der Waals surface area contributed by atoms with E-state index in [-0.39, 0.29) is 5.92 Å². The number of nitrogen functional groups attached to an aromatic ring is 1. The highest BCUT2D eigenvalue weighted by Gasteiger charge is 2.15. The summed E-state index contributed by atoms with van der Waals surface area (Å²) in [7, 11) is 0. The van der Waals surface area contributed by atoms with E-state index in [2.05, 4.69) is 9.97 Å². The van der Waals surface area contributed by atoms with Crippen LogP contribution in [0.2, 0.25) is 5.02 Å². The third-order valence-corrected chi connectivity index (χ3v) is 3.22. The molecule has 2 N–H and O–H groups in total. The molecular weight excluding hydrogens is 262 g/mol. The van der Waals surface area contributed by atoms with Crippen molar-refractivity contribution in [2.75, 3.05) is 5.73 Å². The molecule has 0 aliphatic rings. The van der Waals surface area contributed by atoms with Crippen LogP contribution in [0, 0.1) is 6.92 Å². The Hall–Kier alpha value is -1.81. The number of hydrogen-bond acceptors (Lipinski definition) is 4. The lowest BCUT2D eigenvalue weighted by atomic mass is 10.1. The maximum absolute atomic E-state index is 5.99. The second-order valence-electron chi connectivity index (χ2n) is 4.65. The Morgan fingerprint density at radius 3 is 2.63 bits per heavy atom. The number of aryl methyl sites for hydroxylation is 1. The third-order valence-electron chi connectivity index (χ3n) is 2.80. The summed E-state index contributed by atoms with van der Waals surface area (Å²) in [5, 5.41) is 0.707. The van der Waals surface area contributed by atoms with Gasteiger partial charge in [-0.05, 0) is 36.6 Å². The molecule has 1 heterocycles. The van der Waals surface area contributed by atoms with Gasteiger partial charge in [0, 0.05) is 5.02 Å². The standard InChI is InChI=1S/C14H16ClN3O/c1-8(2)12-13(16)17-7-18-14(12)19-10-4-5-11(15)9(3)6-10/h4-8H,1-3H3,(H2,16,17,18). The van der Waals surface area contributed by atoms with E-state index in [9.17, 15) is 0 Å². The fourth-order valence-corrected chi connectivity index (χ4v) is 1.93. The highest BCUT2D eigenvalue weighted by Crippen LogP contribution is 2.32. The van der Waals surface area contributed by atoms with Gasteiger partial charge in [-0.1, -0.05) is 25.4 Å². The van der Waals surface area contributed by atoms with Crippen LogP contribution in [0.3, 0.4) is 0 Å². The highest BCUT2D eigenvalue weighted by atomic mass is 35.5. The molecule has 1 aromatic carbocycles. The fraction of sp³-hybridized carbons (Fsp3) is 0.286. The van der Waals surface area contributed by atoms with Crippen molar-refractivity contribution in [1.82, 2.24) is 9.97 Å². The molecule has 0 spiro atoms. The molecule has 0 bridgehead atoms. The molecule has 0 saturated heterocycles. The zero-order valence-corrected chi connectivity index (χ0v) is 11.9. The van der Waals surface area contributed by atoms with Crippen molar-refractivity contribution < 1.29 is 4.74 Å². The fourth-order valence-electron chi connectivity index (χ4n) is 1.81. The topological polar surface area (TPSA) is 61.0 Å². The van der Waals surface area contributed by atoms with E-state index < -0.39 is 0 Å². The maximum Gasteiger partial charge on any atom is 0.227 e. The van der Waals surface area contributed by atoms with Crippen molar-refractivity contribution in [3.05, 3.63) is 40.7 Å². The van der Waals surface area contributed by atoms with Gasteiger partial charge in [0.25, 0.3) is 0 Å². The quantitative estimate of drug-likeness (QED) is 0.923. The predicted octanol–water partition coefficient (Wildman–Crippen LogP) is 3.94. The zero-order valence-electron chi connectivity index (χ0n) is 11.1. The van der Waals surface area contributed by atoms with Gasteiger partial charge in [0.15, 0.2) is 0 Å². The van der Waals surface area contributed by atoms with Crippen molar-refractivity contribution in [3.8, 4) is 11.6 Å². The number of ether oxygens (including phenoxy) is 1. The van der Waals surface area contributed by atoms with Crippen molar-refractivity contribution in [2.45, 2.75) is 26.7 Å². The van der Waals surface area contributed by atoms with E-state index in [4.69, 9.17) is 22.1 Å². The monoisotopic (exact) mass is 277 g/mol. The molecule has 0 radical (unpaired) electrons. The minimum absolute atomic E-state index is 0.185. The molecule has 100 valence electrons. The second kappa shape index (κ2) is 5.45. The number of hydrogen-bond donors (Lipinski definition) is 1. The number of aromatic nitrogens is 2. The van der Waals surface area contributed by atoms with Crippen LogP contribution in [-0.2, 0) is 0 Å². The molecular formula is C14H16ClN3O. The summed E-state index contributed by atoms with van der Waals surface area (Å²) in [6.45, 7) is 5.97. The van der Waals surface area contributed by atoms with Gasteiger partial charge in [-0.15, -0.1) is 0 Å². The van der Waals surface area contributed by atoms with E-state index in [1.165, 1.54) is 6.33 Å². The first-order valence-corrected chi connectivity index (χ1v) is 6.41. The van der Waals surface area contributed by atoms with E-state index in [0.717, 1.165) is 11.1 Å². The molecule has 4 nitrogen and oxygen atoms in total. The number of nitrogens with two attached hydrogens (primary N) is 1. The van der Waals surface area contributed by atoms with Crippen LogP contribution in [0.5, 0.6) is 11.6 Å². The number of benzene rings is 1. The maximum atomic E-state index is 5.99. The van der Waals surface area contributed by atoms with E-state index in [1.807, 2.05) is 26.8 Å². The van der Waals surface area contributed by atoms with Crippen molar-refractivity contribution in [2.24, 2.45) is 0 Å². The van der Waals surface area contributed by atoms with Gasteiger partial charge in [0.1, 0.15) is 17.9 Å². The first-order chi connectivity index (χ1) is 8.99. The summed E-state index contributed by atoms with van der Waals surface area (Å²) < 4.78 is 5.80. The molecule has 19 heavy (non-hydrogen) atoms. The minimum atomic E-state index is 0.185. The van der Waals surface area contributed by atoms with Gasteiger partial charge in [-0.2, -0.15) is 0 Å². The smallest absolute Gasteiger partial charge is 0.227 e. The lowest BCUT2D eigenvalue weighted by molar-refractivity contribution is 0.451. The molecule has 0 fully saturated rings. The average molecular weight is 278 g/mol. The minimum Gasteiger partial charge on any atom is -0.439 e. The lowest BCUT2D eigenvalue weighted by Crippen LogP contribution is -2.04. The van der Waals surface area contributed by atoms with Gasteiger partial charge in [-0.3, -0.25) is 0 Å². The Kier molecular flexibility index (Phi) is 3.90. The Morgan fingerprint density at radius 2 is 2.00 bits per heavy atom. The Morgan fingerprint density at radius 1 is 1.26 bits per heavy atom. The van der Waals surface area contributed by atoms with Crippen LogP contribution in [-0.4, -0.2) is 9.97 Å². The molecule has 2 aromatic rings. The Balaban J connectivity index is 2.38. The van der Waals surface area contributed by atoms with Crippen LogP contribution >= 0.6 is 11.6 Å². The molecule has 0 saturated carbocycles. The predicted molar refractivity (Wildman–Crippen MR) is 76.8 cm³/mol. The molecule has 0 atom stereocenters. The Labute approximate surface area is 117 Å². The van der Waals surface area contributed by atoms with Gasteiger partial charge in [0.2, 0.25) is 5.88 Å². The summed E-state index contributed by atoms with van der Waals surface area (Å²) in [6.07, 6.45) is 1.40. The number of rotatable bonds is 3. The highest BCUT2D eigenvalue weighted by molar-refractivity contribution is 6.31. The molecule has 0 aliphatic carbocycles. The second-order valence-corrected chi connectivity index (χ2v) is 5.05. The van der Waals surface area contributed by atoms with E-state index in [1.54, 1.807) is 12.1 Å². The zero-order chi connectivity index (χ0) is 14.0. The molecule has 1 aromatic heterocycles. The average Bonchev–Trinajstić information content (AvgIpc) is 2.33. The molecule has 5 heteroatoms. The van der Waals surface area contributed by atoms with Gasteiger partial charge in [-0.25, -0.2) is 9.97 Å². The third kappa shape index (κ3) is 2.96. The van der Waals surface area contributed by atoms with Gasteiger partial charge < -0.3 is 10.5 Å². The molecule has 0 aliphatic heterocycles. The number of halogens is 1. The SMILES string of the molecule is Cc1cc(Oc2ncnc(N)c2C(C)C)ccc1Cl. The van der Waals surface area contributed by atoms with Gasteiger partial charge in [0.05, 0.1) is 5.56 Å². The van der Waals surface area contributed by atoms with Crippen molar-refractivity contribution in [1.29, 1.82) is 0 Å². The largest absolute Gasteiger partial charge is 0.439 e. The van der Waals surface area contributed by atoms with Crippen LogP contribution in [0.15, 0.2) is 24.5 Å². The summed E-state index contributed by atoms with van der Waals surface area (Å²) in [5.74, 6) is 1.81. The first kappa shape index (κ1) is 13.6. The van der Waals surface area contributed by atoms with Crippen LogP contribution in [0.1, 0.15) is 30.9 Å². The molecule has 0 amide bonds. The molecule has 0 unspecified atom stereocenters. The number of anilines is 1. The summed E-state index contributed by atoms with van der Waals surface area (Å²) in [6, 6.07) is 5.47. The number of nitrogens with zero attached hydrogens (tertiary/aromatic N) is 2. The van der Waals surface area contributed by atoms with Crippen LogP contribution in [0.25, 0.3) is 0 Å². The van der Waals surface area contributed by atoms with Crippen LogP contribution in [0.4, 0.5) is 5.82 Å². The van der Waals surface area contributed by atoms with Crippen molar-refractivity contribution >= 4 is 17.4 Å². The lowest BCUT2D eigenvalue weighted by Gasteiger charge is -2.14. The summed E-state index contributed by atoms with van der Waals surface area (Å²) >= 11 is 5.99.